The standard InChI is InChI=1S/C17H24FN3O/c1-12-6-7-14(9-16(12)18)19-17(22)20-10-15(11-20)21-8-4-3-5-13(21)2/h6-7,9,13,15H,3-5,8,10-11H2,1-2H3,(H,19,22)/t13-/m0/s1. The summed E-state index contributed by atoms with van der Waals surface area (Å²) in [6, 6.07) is 5.76. The molecule has 1 aromatic rings. The molecule has 120 valence electrons. The Morgan fingerprint density at radius 3 is 2.77 bits per heavy atom. The van der Waals surface area contributed by atoms with Crippen LogP contribution in [0.1, 0.15) is 31.7 Å². The van der Waals surface area contributed by atoms with Gasteiger partial charge in [-0.3, -0.25) is 4.90 Å². The van der Waals surface area contributed by atoms with E-state index < -0.39 is 0 Å². The Labute approximate surface area is 131 Å². The lowest BCUT2D eigenvalue weighted by molar-refractivity contribution is 0.0199. The SMILES string of the molecule is Cc1ccc(NC(=O)N2CC(N3CCCC[C@@H]3C)C2)cc1F. The van der Waals surface area contributed by atoms with Gasteiger partial charge in [-0.2, -0.15) is 0 Å². The zero-order valence-electron chi connectivity index (χ0n) is 13.3. The molecule has 22 heavy (non-hydrogen) atoms. The van der Waals surface area contributed by atoms with Crippen LogP contribution in [0.15, 0.2) is 18.2 Å². The highest BCUT2D eigenvalue weighted by molar-refractivity contribution is 5.90. The molecular formula is C17H24FN3O. The Hall–Kier alpha value is -1.62. The van der Waals surface area contributed by atoms with Crippen LogP contribution in [0.4, 0.5) is 14.9 Å². The van der Waals surface area contributed by atoms with Crippen LogP contribution >= 0.6 is 0 Å². The average molecular weight is 305 g/mol. The zero-order valence-corrected chi connectivity index (χ0v) is 13.3. The van der Waals surface area contributed by atoms with Crippen molar-refractivity contribution in [3.8, 4) is 0 Å². The highest BCUT2D eigenvalue weighted by Crippen LogP contribution is 2.25. The van der Waals surface area contributed by atoms with E-state index in [-0.39, 0.29) is 11.8 Å². The Bertz CT molecular complexity index is 557. The molecule has 0 saturated carbocycles. The molecule has 5 heteroatoms. The Morgan fingerprint density at radius 1 is 1.32 bits per heavy atom. The number of anilines is 1. The van der Waals surface area contributed by atoms with Crippen molar-refractivity contribution < 1.29 is 9.18 Å². The maximum absolute atomic E-state index is 13.5. The van der Waals surface area contributed by atoms with Gasteiger partial charge in [0.05, 0.1) is 0 Å². The van der Waals surface area contributed by atoms with Crippen LogP contribution in [0.3, 0.4) is 0 Å². The quantitative estimate of drug-likeness (QED) is 0.910. The fraction of sp³-hybridized carbons (Fsp3) is 0.588. The maximum Gasteiger partial charge on any atom is 0.321 e. The number of rotatable bonds is 2. The van der Waals surface area contributed by atoms with Crippen LogP contribution in [-0.2, 0) is 0 Å². The van der Waals surface area contributed by atoms with Gasteiger partial charge in [0.15, 0.2) is 0 Å². The predicted molar refractivity (Wildman–Crippen MR) is 85.5 cm³/mol. The first-order valence-corrected chi connectivity index (χ1v) is 8.12. The highest BCUT2D eigenvalue weighted by atomic mass is 19.1. The first-order valence-electron chi connectivity index (χ1n) is 8.12. The number of aryl methyl sites for hydroxylation is 1. The second kappa shape index (κ2) is 6.24. The van der Waals surface area contributed by atoms with Gasteiger partial charge < -0.3 is 10.2 Å². The summed E-state index contributed by atoms with van der Waals surface area (Å²) in [5.41, 5.74) is 1.10. The monoisotopic (exact) mass is 305 g/mol. The molecule has 0 spiro atoms. The molecule has 0 unspecified atom stereocenters. The predicted octanol–water partition coefficient (Wildman–Crippen LogP) is 3.22. The van der Waals surface area contributed by atoms with Gasteiger partial charge in [0.2, 0.25) is 0 Å². The summed E-state index contributed by atoms with van der Waals surface area (Å²) in [4.78, 5) is 16.5. The number of nitrogens with zero attached hydrogens (tertiary/aromatic N) is 2. The molecule has 1 atom stereocenters. The van der Waals surface area contributed by atoms with Gasteiger partial charge in [-0.1, -0.05) is 12.5 Å². The minimum atomic E-state index is -0.290. The number of piperidine rings is 1. The van der Waals surface area contributed by atoms with Crippen molar-refractivity contribution in [3.63, 3.8) is 0 Å². The Balaban J connectivity index is 1.51. The van der Waals surface area contributed by atoms with Crippen molar-refractivity contribution in [2.75, 3.05) is 25.0 Å². The summed E-state index contributed by atoms with van der Waals surface area (Å²) < 4.78 is 13.5. The molecule has 0 bridgehead atoms. The van der Waals surface area contributed by atoms with Crippen molar-refractivity contribution in [3.05, 3.63) is 29.6 Å². The van der Waals surface area contributed by atoms with Crippen molar-refractivity contribution in [1.82, 2.24) is 9.80 Å². The summed E-state index contributed by atoms with van der Waals surface area (Å²) >= 11 is 0. The third-order valence-electron chi connectivity index (χ3n) is 4.90. The van der Waals surface area contributed by atoms with Crippen molar-refractivity contribution >= 4 is 11.7 Å². The topological polar surface area (TPSA) is 35.6 Å². The van der Waals surface area contributed by atoms with Crippen LogP contribution in [0, 0.1) is 12.7 Å². The van der Waals surface area contributed by atoms with Crippen LogP contribution in [-0.4, -0.2) is 47.5 Å². The number of hydrogen-bond acceptors (Lipinski definition) is 2. The third kappa shape index (κ3) is 3.09. The van der Waals surface area contributed by atoms with E-state index in [2.05, 4.69) is 17.1 Å². The molecule has 3 rings (SSSR count). The van der Waals surface area contributed by atoms with E-state index in [1.807, 2.05) is 0 Å². The number of carbonyl (C=O) groups excluding carboxylic acids is 1. The molecule has 1 N–H and O–H groups in total. The number of urea groups is 1. The van der Waals surface area contributed by atoms with E-state index in [0.29, 0.717) is 23.3 Å². The number of carbonyl (C=O) groups is 1. The van der Waals surface area contributed by atoms with Gasteiger partial charge in [0.25, 0.3) is 0 Å². The van der Waals surface area contributed by atoms with Crippen LogP contribution in [0.25, 0.3) is 0 Å². The number of amides is 2. The fourth-order valence-electron chi connectivity index (χ4n) is 3.37. The fourth-order valence-corrected chi connectivity index (χ4v) is 3.37. The van der Waals surface area contributed by atoms with E-state index in [4.69, 9.17) is 0 Å². The van der Waals surface area contributed by atoms with Gasteiger partial charge >= 0.3 is 6.03 Å². The number of likely N-dealkylation sites (tertiary alicyclic amines) is 2. The third-order valence-corrected chi connectivity index (χ3v) is 4.90. The largest absolute Gasteiger partial charge is 0.321 e. The van der Waals surface area contributed by atoms with E-state index in [1.54, 1.807) is 24.0 Å². The zero-order chi connectivity index (χ0) is 15.7. The van der Waals surface area contributed by atoms with E-state index in [0.717, 1.165) is 19.6 Å². The number of halogens is 1. The first-order chi connectivity index (χ1) is 10.5. The van der Waals surface area contributed by atoms with Crippen molar-refractivity contribution in [2.45, 2.75) is 45.2 Å². The molecule has 1 aromatic carbocycles. The molecule has 0 aliphatic carbocycles. The minimum Gasteiger partial charge on any atom is -0.321 e. The molecule has 2 fully saturated rings. The summed E-state index contributed by atoms with van der Waals surface area (Å²) in [5, 5.41) is 2.78. The lowest BCUT2D eigenvalue weighted by Gasteiger charge is -2.49. The summed E-state index contributed by atoms with van der Waals surface area (Å²) in [5.74, 6) is -0.290. The van der Waals surface area contributed by atoms with Crippen LogP contribution in [0.5, 0.6) is 0 Å². The smallest absolute Gasteiger partial charge is 0.321 e. The first kappa shape index (κ1) is 15.3. The van der Waals surface area contributed by atoms with Gasteiger partial charge in [-0.25, -0.2) is 9.18 Å². The van der Waals surface area contributed by atoms with E-state index >= 15 is 0 Å². The molecule has 2 heterocycles. The van der Waals surface area contributed by atoms with Crippen molar-refractivity contribution in [2.24, 2.45) is 0 Å². The van der Waals surface area contributed by atoms with Crippen LogP contribution < -0.4 is 5.32 Å². The highest BCUT2D eigenvalue weighted by Gasteiger charge is 2.37. The second-order valence-electron chi connectivity index (χ2n) is 6.54. The lowest BCUT2D eigenvalue weighted by atomic mass is 9.98. The van der Waals surface area contributed by atoms with Gasteiger partial charge in [0.1, 0.15) is 5.82 Å². The molecule has 0 aromatic heterocycles. The number of benzene rings is 1. The Kier molecular flexibility index (Phi) is 4.34. The van der Waals surface area contributed by atoms with Crippen LogP contribution in [0.2, 0.25) is 0 Å². The number of hydrogen-bond donors (Lipinski definition) is 1. The minimum absolute atomic E-state index is 0.135. The van der Waals surface area contributed by atoms with E-state index in [1.165, 1.54) is 25.3 Å². The second-order valence-corrected chi connectivity index (χ2v) is 6.54. The molecule has 2 aliphatic heterocycles. The van der Waals surface area contributed by atoms with E-state index in [9.17, 15) is 9.18 Å². The summed E-state index contributed by atoms with van der Waals surface area (Å²) in [7, 11) is 0. The molecular weight excluding hydrogens is 281 g/mol. The maximum atomic E-state index is 13.5. The summed E-state index contributed by atoms with van der Waals surface area (Å²) in [6.45, 7) is 6.66. The summed E-state index contributed by atoms with van der Waals surface area (Å²) in [6.07, 6.45) is 3.83. The van der Waals surface area contributed by atoms with Gasteiger partial charge in [-0.15, -0.1) is 0 Å². The van der Waals surface area contributed by atoms with Crippen molar-refractivity contribution in [1.29, 1.82) is 0 Å². The molecule has 4 nitrogen and oxygen atoms in total. The average Bonchev–Trinajstić information content (AvgIpc) is 2.43. The molecule has 2 aliphatic rings. The molecule has 2 amide bonds. The molecule has 0 radical (unpaired) electrons. The lowest BCUT2D eigenvalue weighted by Crippen LogP contribution is -2.64. The Morgan fingerprint density at radius 2 is 2.09 bits per heavy atom. The number of nitrogens with one attached hydrogen (secondary N) is 1. The van der Waals surface area contributed by atoms with Gasteiger partial charge in [-0.05, 0) is 50.9 Å². The molecule has 2 saturated heterocycles. The normalized spacial score (nSPS) is 23.2. The van der Waals surface area contributed by atoms with Gasteiger partial charge in [0, 0.05) is 30.9 Å².